The Bertz CT molecular complexity index is 975. The first-order valence-corrected chi connectivity index (χ1v) is 15.6. The lowest BCUT2D eigenvalue weighted by molar-refractivity contribution is -0.138. The molecule has 0 radical (unpaired) electrons. The van der Waals surface area contributed by atoms with E-state index in [1.165, 1.54) is 4.90 Å². The Kier molecular flexibility index (Phi) is 22.2. The van der Waals surface area contributed by atoms with E-state index in [0.717, 1.165) is 0 Å². The third kappa shape index (κ3) is 18.2. The zero-order valence-electron chi connectivity index (χ0n) is 26.5. The summed E-state index contributed by atoms with van der Waals surface area (Å²) >= 11 is 0. The predicted octanol–water partition coefficient (Wildman–Crippen LogP) is 0.787. The summed E-state index contributed by atoms with van der Waals surface area (Å²) in [6, 6.07) is 6.79. The molecule has 0 saturated carbocycles. The number of carboxylic acids is 1. The Morgan fingerprint density at radius 1 is 0.565 bits per heavy atom. The molecule has 1 aliphatic heterocycles. The Morgan fingerprint density at radius 3 is 1.33 bits per heavy atom. The lowest BCUT2D eigenvalue weighted by Gasteiger charge is -2.13. The second kappa shape index (κ2) is 26.1. The number of nitrogens with one attached hydrogen (secondary N) is 1. The van der Waals surface area contributed by atoms with Gasteiger partial charge in [-0.05, 0) is 18.6 Å². The van der Waals surface area contributed by atoms with Crippen molar-refractivity contribution in [2.24, 2.45) is 0 Å². The number of aliphatic carboxylic acids is 1. The van der Waals surface area contributed by atoms with Gasteiger partial charge in [0.15, 0.2) is 0 Å². The van der Waals surface area contributed by atoms with Crippen molar-refractivity contribution in [3.8, 4) is 0 Å². The molecule has 46 heavy (non-hydrogen) atoms. The van der Waals surface area contributed by atoms with Gasteiger partial charge in [-0.3, -0.25) is 24.1 Å². The van der Waals surface area contributed by atoms with Crippen LogP contribution in [-0.2, 0) is 47.5 Å². The van der Waals surface area contributed by atoms with Gasteiger partial charge in [-0.15, -0.1) is 0 Å². The molecule has 2 rings (SSSR count). The van der Waals surface area contributed by atoms with Gasteiger partial charge in [-0.1, -0.05) is 12.1 Å². The number of ether oxygens (including phenoxy) is 8. The molecule has 1 heterocycles. The van der Waals surface area contributed by atoms with Crippen LogP contribution in [0.3, 0.4) is 0 Å². The van der Waals surface area contributed by atoms with E-state index in [0.29, 0.717) is 123 Å². The van der Waals surface area contributed by atoms with Gasteiger partial charge >= 0.3 is 5.97 Å². The van der Waals surface area contributed by atoms with E-state index < -0.39 is 5.97 Å². The minimum absolute atomic E-state index is 0.0162. The summed E-state index contributed by atoms with van der Waals surface area (Å²) < 4.78 is 43.5. The first-order chi connectivity index (χ1) is 22.5. The zero-order chi connectivity index (χ0) is 33.1. The largest absolute Gasteiger partial charge is 0.481 e. The van der Waals surface area contributed by atoms with E-state index in [4.69, 9.17) is 43.0 Å². The minimum atomic E-state index is -0.988. The molecule has 260 valence electrons. The van der Waals surface area contributed by atoms with E-state index in [1.54, 1.807) is 24.3 Å². The van der Waals surface area contributed by atoms with Crippen LogP contribution in [0, 0.1) is 0 Å². The fourth-order valence-electron chi connectivity index (χ4n) is 3.95. The van der Waals surface area contributed by atoms with Crippen LogP contribution in [-0.4, -0.2) is 152 Å². The molecular formula is C31H48N2O13. The van der Waals surface area contributed by atoms with Crippen molar-refractivity contribution >= 4 is 23.7 Å². The van der Waals surface area contributed by atoms with Gasteiger partial charge in [0.2, 0.25) is 5.91 Å². The molecule has 1 aliphatic rings. The van der Waals surface area contributed by atoms with Crippen molar-refractivity contribution in [1.29, 1.82) is 0 Å². The summed E-state index contributed by atoms with van der Waals surface area (Å²) in [6.45, 7) is 7.49. The first kappa shape index (κ1) is 39.2. The van der Waals surface area contributed by atoms with Crippen molar-refractivity contribution in [2.75, 3.05) is 119 Å². The highest BCUT2D eigenvalue weighted by atomic mass is 16.6. The Balaban J connectivity index is 1.20. The highest BCUT2D eigenvalue weighted by molar-refractivity contribution is 6.21. The standard InChI is InChI=1S/C31H48N2O13/c34-28(6-7-29(35)36)32-8-3-10-39-12-14-41-16-18-43-20-22-45-24-25-46-23-21-44-19-17-42-15-13-40-11-9-33-30(37)26-4-1-2-5-27(26)31(33)38/h1-2,4-5H,3,6-25H2,(H,32,34)(H,35,36). The van der Waals surface area contributed by atoms with Crippen LogP contribution in [0.25, 0.3) is 0 Å². The van der Waals surface area contributed by atoms with Gasteiger partial charge in [0.05, 0.1) is 123 Å². The molecule has 3 amide bonds. The number of amides is 3. The maximum atomic E-state index is 12.3. The second-order valence-corrected chi connectivity index (χ2v) is 9.80. The summed E-state index contributed by atoms with van der Waals surface area (Å²) in [5, 5.41) is 11.2. The molecule has 15 heteroatoms. The normalized spacial score (nSPS) is 12.6. The average molecular weight is 657 g/mol. The maximum Gasteiger partial charge on any atom is 0.303 e. The van der Waals surface area contributed by atoms with Crippen molar-refractivity contribution in [3.63, 3.8) is 0 Å². The quantitative estimate of drug-likeness (QED) is 0.0848. The van der Waals surface area contributed by atoms with Crippen LogP contribution in [0.5, 0.6) is 0 Å². The molecule has 0 spiro atoms. The highest BCUT2D eigenvalue weighted by Gasteiger charge is 2.34. The topological polar surface area (TPSA) is 178 Å². The minimum Gasteiger partial charge on any atom is -0.481 e. The molecule has 0 aromatic heterocycles. The van der Waals surface area contributed by atoms with Gasteiger partial charge < -0.3 is 48.3 Å². The SMILES string of the molecule is O=C(O)CCC(=O)NCCCOCCOCCOCCOCCOCCOCCOCCOCCN1C(=O)c2ccccc2C1=O. The van der Waals surface area contributed by atoms with Gasteiger partial charge in [0.1, 0.15) is 0 Å². The van der Waals surface area contributed by atoms with Gasteiger partial charge in [-0.25, -0.2) is 0 Å². The van der Waals surface area contributed by atoms with Gasteiger partial charge in [0, 0.05) is 19.6 Å². The first-order valence-electron chi connectivity index (χ1n) is 15.6. The molecule has 15 nitrogen and oxygen atoms in total. The number of imide groups is 1. The van der Waals surface area contributed by atoms with Crippen LogP contribution in [0.4, 0.5) is 0 Å². The number of carbonyl (C=O) groups is 4. The fraction of sp³-hybridized carbons (Fsp3) is 0.677. The Morgan fingerprint density at radius 2 is 0.935 bits per heavy atom. The third-order valence-corrected chi connectivity index (χ3v) is 6.30. The zero-order valence-corrected chi connectivity index (χ0v) is 26.5. The predicted molar refractivity (Wildman–Crippen MR) is 163 cm³/mol. The number of nitrogens with zero attached hydrogens (tertiary/aromatic N) is 1. The summed E-state index contributed by atoms with van der Waals surface area (Å²) in [7, 11) is 0. The van der Waals surface area contributed by atoms with Crippen LogP contribution in [0.15, 0.2) is 24.3 Å². The van der Waals surface area contributed by atoms with Crippen LogP contribution in [0.2, 0.25) is 0 Å². The number of carboxylic acid groups (broad SMARTS) is 1. The average Bonchev–Trinajstić information content (AvgIpc) is 3.29. The van der Waals surface area contributed by atoms with Crippen LogP contribution >= 0.6 is 0 Å². The van der Waals surface area contributed by atoms with Crippen molar-refractivity contribution in [3.05, 3.63) is 35.4 Å². The molecule has 0 bridgehead atoms. The number of rotatable bonds is 31. The maximum absolute atomic E-state index is 12.3. The number of benzene rings is 1. The number of fused-ring (bicyclic) bond motifs is 1. The summed E-state index contributed by atoms with van der Waals surface area (Å²) in [4.78, 5) is 47.5. The molecule has 1 aromatic carbocycles. The molecule has 2 N–H and O–H groups in total. The van der Waals surface area contributed by atoms with E-state index in [2.05, 4.69) is 5.32 Å². The van der Waals surface area contributed by atoms with Crippen LogP contribution in [0.1, 0.15) is 40.0 Å². The van der Waals surface area contributed by atoms with Crippen molar-refractivity contribution < 1.29 is 62.2 Å². The van der Waals surface area contributed by atoms with E-state index in [9.17, 15) is 19.2 Å². The number of hydrogen-bond acceptors (Lipinski definition) is 12. The summed E-state index contributed by atoms with van der Waals surface area (Å²) in [6.07, 6.45) is 0.458. The lowest BCUT2D eigenvalue weighted by Crippen LogP contribution is -2.33. The monoisotopic (exact) mass is 656 g/mol. The molecule has 0 unspecified atom stereocenters. The van der Waals surface area contributed by atoms with Gasteiger partial charge in [-0.2, -0.15) is 0 Å². The summed E-state index contributed by atoms with van der Waals surface area (Å²) in [5.74, 6) is -1.83. The van der Waals surface area contributed by atoms with Crippen molar-refractivity contribution in [1.82, 2.24) is 10.2 Å². The molecular weight excluding hydrogens is 608 g/mol. The molecule has 0 aliphatic carbocycles. The Labute approximate surface area is 269 Å². The number of hydrogen-bond donors (Lipinski definition) is 2. The highest BCUT2D eigenvalue weighted by Crippen LogP contribution is 2.21. The van der Waals surface area contributed by atoms with E-state index in [1.807, 2.05) is 0 Å². The fourth-order valence-corrected chi connectivity index (χ4v) is 3.95. The van der Waals surface area contributed by atoms with E-state index in [-0.39, 0.29) is 43.7 Å². The second-order valence-electron chi connectivity index (χ2n) is 9.80. The molecule has 0 atom stereocenters. The lowest BCUT2D eigenvalue weighted by atomic mass is 10.1. The molecule has 1 aromatic rings. The smallest absolute Gasteiger partial charge is 0.303 e. The summed E-state index contributed by atoms with van der Waals surface area (Å²) in [5.41, 5.74) is 0.869. The third-order valence-electron chi connectivity index (χ3n) is 6.30. The number of carbonyl (C=O) groups excluding carboxylic acids is 3. The van der Waals surface area contributed by atoms with Gasteiger partial charge in [0.25, 0.3) is 11.8 Å². The molecule has 0 saturated heterocycles. The van der Waals surface area contributed by atoms with Crippen molar-refractivity contribution in [2.45, 2.75) is 19.3 Å². The molecule has 0 fully saturated rings. The van der Waals surface area contributed by atoms with E-state index >= 15 is 0 Å². The Hall–Kier alpha value is -3.02. The van der Waals surface area contributed by atoms with Crippen LogP contribution < -0.4 is 5.32 Å².